The molecular weight excluding hydrogens is 545 g/mol. The Bertz CT molecular complexity index is 1100. The van der Waals surface area contributed by atoms with Crippen LogP contribution in [0.15, 0.2) is 24.3 Å². The summed E-state index contributed by atoms with van der Waals surface area (Å²) in [6, 6.07) is 5.08. The fourth-order valence-electron chi connectivity index (χ4n) is 7.08. The van der Waals surface area contributed by atoms with Crippen LogP contribution in [0.4, 0.5) is 4.39 Å². The molecule has 3 amide bonds. The standard InChI is InChI=1S/C34H54FN5O3/c1-32(2,3)28-22-36-27(21-37-28)29(41)38-26(20-23-12-14-25(35)15-13-23)30(42)40-18-16-34(17-19-40,24-10-8-7-9-11-24)31(43)39-33(4,5)6/h12-15,24,26-28,36-37H,7-11,16-22H2,1-6H3,(H,38,41)(H,39,43)/t26-,27+,28-/m1/s1. The molecule has 9 heteroatoms. The highest BCUT2D eigenvalue weighted by Gasteiger charge is 2.49. The summed E-state index contributed by atoms with van der Waals surface area (Å²) in [5.74, 6) is -0.289. The van der Waals surface area contributed by atoms with E-state index in [2.05, 4.69) is 42.0 Å². The van der Waals surface area contributed by atoms with E-state index in [1.54, 1.807) is 12.1 Å². The number of hydrogen-bond donors (Lipinski definition) is 4. The van der Waals surface area contributed by atoms with E-state index in [-0.39, 0.29) is 47.0 Å². The van der Waals surface area contributed by atoms with Crippen molar-refractivity contribution in [3.63, 3.8) is 0 Å². The Kier molecular flexibility index (Phi) is 10.6. The van der Waals surface area contributed by atoms with Crippen LogP contribution in [0.1, 0.15) is 92.1 Å². The van der Waals surface area contributed by atoms with Crippen LogP contribution < -0.4 is 21.3 Å². The molecule has 240 valence electrons. The van der Waals surface area contributed by atoms with Gasteiger partial charge in [-0.1, -0.05) is 52.2 Å². The molecule has 0 spiro atoms. The molecule has 8 nitrogen and oxygen atoms in total. The van der Waals surface area contributed by atoms with E-state index in [0.717, 1.165) is 31.2 Å². The van der Waals surface area contributed by atoms with Gasteiger partial charge in [-0.05, 0) is 75.5 Å². The van der Waals surface area contributed by atoms with Crippen molar-refractivity contribution in [2.45, 2.75) is 117 Å². The molecule has 2 heterocycles. The minimum absolute atomic E-state index is 0.0560. The van der Waals surface area contributed by atoms with E-state index in [0.29, 0.717) is 44.9 Å². The maximum Gasteiger partial charge on any atom is 0.245 e. The molecule has 1 saturated carbocycles. The van der Waals surface area contributed by atoms with Gasteiger partial charge in [-0.3, -0.25) is 14.4 Å². The fourth-order valence-corrected chi connectivity index (χ4v) is 7.08. The van der Waals surface area contributed by atoms with Crippen molar-refractivity contribution in [3.8, 4) is 0 Å². The maximum absolute atomic E-state index is 14.1. The topological polar surface area (TPSA) is 103 Å². The van der Waals surface area contributed by atoms with Crippen molar-refractivity contribution in [1.29, 1.82) is 0 Å². The minimum atomic E-state index is -0.786. The number of hydrogen-bond acceptors (Lipinski definition) is 5. The lowest BCUT2D eigenvalue weighted by molar-refractivity contribution is -0.147. The second-order valence-corrected chi connectivity index (χ2v) is 15.2. The Morgan fingerprint density at radius 3 is 2.12 bits per heavy atom. The largest absolute Gasteiger partial charge is 0.351 e. The van der Waals surface area contributed by atoms with Gasteiger partial charge < -0.3 is 26.2 Å². The van der Waals surface area contributed by atoms with E-state index in [1.807, 2.05) is 25.7 Å². The van der Waals surface area contributed by atoms with Gasteiger partial charge >= 0.3 is 0 Å². The normalized spacial score (nSPS) is 24.2. The number of rotatable bonds is 7. The van der Waals surface area contributed by atoms with Crippen molar-refractivity contribution < 1.29 is 18.8 Å². The fraction of sp³-hybridized carbons (Fsp3) is 0.735. The first-order valence-corrected chi connectivity index (χ1v) is 16.3. The summed E-state index contributed by atoms with van der Waals surface area (Å²) in [5, 5.41) is 13.1. The van der Waals surface area contributed by atoms with Crippen LogP contribution in [0.3, 0.4) is 0 Å². The molecule has 0 bridgehead atoms. The molecule has 2 aliphatic heterocycles. The predicted octanol–water partition coefficient (Wildman–Crippen LogP) is 3.93. The third-order valence-electron chi connectivity index (χ3n) is 9.76. The van der Waals surface area contributed by atoms with Gasteiger partial charge in [0.15, 0.2) is 0 Å². The maximum atomic E-state index is 14.1. The van der Waals surface area contributed by atoms with Crippen LogP contribution in [0.5, 0.6) is 0 Å². The summed E-state index contributed by atoms with van der Waals surface area (Å²) in [4.78, 5) is 43.1. The number of piperazine rings is 1. The zero-order valence-corrected chi connectivity index (χ0v) is 27.2. The Labute approximate surface area is 257 Å². The summed E-state index contributed by atoms with van der Waals surface area (Å²) >= 11 is 0. The monoisotopic (exact) mass is 599 g/mol. The lowest BCUT2D eigenvalue weighted by atomic mass is 9.63. The van der Waals surface area contributed by atoms with Crippen LogP contribution >= 0.6 is 0 Å². The number of carbonyl (C=O) groups excluding carboxylic acids is 3. The molecule has 0 radical (unpaired) electrons. The smallest absolute Gasteiger partial charge is 0.245 e. The molecule has 3 atom stereocenters. The first kappa shape index (κ1) is 33.4. The molecule has 43 heavy (non-hydrogen) atoms. The number of piperidine rings is 1. The highest BCUT2D eigenvalue weighted by molar-refractivity contribution is 5.90. The highest BCUT2D eigenvalue weighted by Crippen LogP contribution is 2.46. The second-order valence-electron chi connectivity index (χ2n) is 15.2. The number of halogens is 1. The molecule has 1 aliphatic carbocycles. The highest BCUT2D eigenvalue weighted by atomic mass is 19.1. The van der Waals surface area contributed by atoms with Crippen molar-refractivity contribution in [2.75, 3.05) is 26.2 Å². The van der Waals surface area contributed by atoms with Crippen LogP contribution in [0.25, 0.3) is 0 Å². The van der Waals surface area contributed by atoms with E-state index < -0.39 is 17.5 Å². The lowest BCUT2D eigenvalue weighted by Crippen LogP contribution is -2.64. The molecule has 3 aliphatic rings. The van der Waals surface area contributed by atoms with E-state index in [1.165, 1.54) is 18.6 Å². The number of benzene rings is 1. The Hall–Kier alpha value is -2.52. The Morgan fingerprint density at radius 2 is 1.58 bits per heavy atom. The molecule has 4 N–H and O–H groups in total. The predicted molar refractivity (Wildman–Crippen MR) is 168 cm³/mol. The van der Waals surface area contributed by atoms with Gasteiger partial charge in [-0.2, -0.15) is 0 Å². The number of nitrogens with one attached hydrogen (secondary N) is 4. The summed E-state index contributed by atoms with van der Waals surface area (Å²) in [7, 11) is 0. The van der Waals surface area contributed by atoms with Gasteiger partial charge in [0.05, 0.1) is 11.5 Å². The molecular formula is C34H54FN5O3. The molecule has 4 rings (SSSR count). The van der Waals surface area contributed by atoms with Crippen molar-refractivity contribution in [3.05, 3.63) is 35.6 Å². The number of likely N-dealkylation sites (tertiary alicyclic amines) is 1. The summed E-state index contributed by atoms with van der Waals surface area (Å²) in [5.41, 5.74) is 0.0215. The molecule has 2 saturated heterocycles. The van der Waals surface area contributed by atoms with E-state index in [4.69, 9.17) is 0 Å². The first-order valence-electron chi connectivity index (χ1n) is 16.3. The van der Waals surface area contributed by atoms with Crippen LogP contribution in [-0.4, -0.2) is 72.5 Å². The lowest BCUT2D eigenvalue weighted by Gasteiger charge is -2.48. The van der Waals surface area contributed by atoms with Gasteiger partial charge in [0, 0.05) is 44.2 Å². The summed E-state index contributed by atoms with van der Waals surface area (Å²) in [6.45, 7) is 14.6. The van der Waals surface area contributed by atoms with Gasteiger partial charge in [-0.15, -0.1) is 0 Å². The summed E-state index contributed by atoms with van der Waals surface area (Å²) < 4.78 is 13.6. The molecule has 1 aromatic carbocycles. The third kappa shape index (κ3) is 8.56. The minimum Gasteiger partial charge on any atom is -0.351 e. The van der Waals surface area contributed by atoms with E-state index >= 15 is 0 Å². The Morgan fingerprint density at radius 1 is 0.953 bits per heavy atom. The quantitative estimate of drug-likeness (QED) is 0.381. The van der Waals surface area contributed by atoms with Gasteiger partial charge in [0.1, 0.15) is 11.9 Å². The number of carbonyl (C=O) groups is 3. The van der Waals surface area contributed by atoms with Crippen molar-refractivity contribution in [1.82, 2.24) is 26.2 Å². The van der Waals surface area contributed by atoms with Gasteiger partial charge in [0.25, 0.3) is 0 Å². The molecule has 3 fully saturated rings. The summed E-state index contributed by atoms with van der Waals surface area (Å²) in [6.07, 6.45) is 7.10. The zero-order chi connectivity index (χ0) is 31.4. The second kappa shape index (κ2) is 13.6. The zero-order valence-electron chi connectivity index (χ0n) is 27.2. The third-order valence-corrected chi connectivity index (χ3v) is 9.76. The van der Waals surface area contributed by atoms with E-state index in [9.17, 15) is 18.8 Å². The van der Waals surface area contributed by atoms with Crippen LogP contribution in [0, 0.1) is 22.6 Å². The average molecular weight is 600 g/mol. The number of nitrogens with zero attached hydrogens (tertiary/aromatic N) is 1. The van der Waals surface area contributed by atoms with Crippen molar-refractivity contribution >= 4 is 17.7 Å². The van der Waals surface area contributed by atoms with Gasteiger partial charge in [0.2, 0.25) is 17.7 Å². The van der Waals surface area contributed by atoms with Crippen LogP contribution in [-0.2, 0) is 20.8 Å². The van der Waals surface area contributed by atoms with Gasteiger partial charge in [-0.25, -0.2) is 4.39 Å². The molecule has 0 aromatic heterocycles. The average Bonchev–Trinajstić information content (AvgIpc) is 2.96. The van der Waals surface area contributed by atoms with Crippen molar-refractivity contribution in [2.24, 2.45) is 16.7 Å². The van der Waals surface area contributed by atoms with Crippen LogP contribution in [0.2, 0.25) is 0 Å². The molecule has 0 unspecified atom stereocenters. The Balaban J connectivity index is 1.48. The molecule has 1 aromatic rings. The first-order chi connectivity index (χ1) is 20.2. The number of amides is 3. The SMILES string of the molecule is CC(C)(C)NC(=O)C1(C2CCCCC2)CCN(C(=O)[C@@H](Cc2ccc(F)cc2)NC(=O)[C@@H]2CN[C@@H](C(C)(C)C)CN2)CC1.